The molecule has 0 radical (unpaired) electrons. The molecule has 1 heterocycles. The predicted octanol–water partition coefficient (Wildman–Crippen LogP) is 1.73. The Morgan fingerprint density at radius 1 is 1.59 bits per heavy atom. The molecule has 1 aliphatic rings. The molecule has 1 aromatic rings. The first-order valence-corrected chi connectivity index (χ1v) is 6.27. The number of carbonyl (C=O) groups excluding carboxylic acids is 1. The second-order valence-electron chi connectivity index (χ2n) is 3.84. The minimum Gasteiger partial charge on any atom is -0.324 e. The third-order valence-electron chi connectivity index (χ3n) is 2.51. The third-order valence-corrected chi connectivity index (χ3v) is 3.69. The fourth-order valence-electron chi connectivity index (χ4n) is 1.63. The minimum atomic E-state index is -0.0370. The highest BCUT2D eigenvalue weighted by atomic mass is 32.2. The summed E-state index contributed by atoms with van der Waals surface area (Å²) in [5.41, 5.74) is 1.93. The summed E-state index contributed by atoms with van der Waals surface area (Å²) in [7, 11) is 0. The highest BCUT2D eigenvalue weighted by molar-refractivity contribution is 8.00. The van der Waals surface area contributed by atoms with E-state index in [1.165, 1.54) is 0 Å². The number of rotatable bonds is 3. The summed E-state index contributed by atoms with van der Waals surface area (Å²) in [5, 5.41) is 14.3. The molecule has 0 saturated heterocycles. The van der Waals surface area contributed by atoms with Crippen LogP contribution in [0.1, 0.15) is 12.5 Å². The average molecular weight is 247 g/mol. The maximum atomic E-state index is 11.5. The maximum absolute atomic E-state index is 11.5. The molecule has 1 aromatic carbocycles. The maximum Gasteiger partial charge on any atom is 0.237 e. The van der Waals surface area contributed by atoms with E-state index in [0.717, 1.165) is 16.1 Å². The van der Waals surface area contributed by atoms with Gasteiger partial charge in [-0.05, 0) is 24.6 Å². The van der Waals surface area contributed by atoms with E-state index in [1.807, 2.05) is 31.2 Å². The Hall–Kier alpha value is -1.51. The van der Waals surface area contributed by atoms with Crippen molar-refractivity contribution in [2.24, 2.45) is 0 Å². The molecule has 17 heavy (non-hydrogen) atoms. The molecule has 0 aromatic heterocycles. The SMILES string of the molecule is CC1Sc2ccc(CNCC#N)cc2NC1=O. The van der Waals surface area contributed by atoms with Crippen LogP contribution in [0.3, 0.4) is 0 Å². The first kappa shape index (κ1) is 12.0. The lowest BCUT2D eigenvalue weighted by molar-refractivity contribution is -0.115. The zero-order valence-electron chi connectivity index (χ0n) is 9.49. The van der Waals surface area contributed by atoms with E-state index in [9.17, 15) is 4.79 Å². The topological polar surface area (TPSA) is 64.9 Å². The van der Waals surface area contributed by atoms with Crippen molar-refractivity contribution in [1.82, 2.24) is 5.32 Å². The van der Waals surface area contributed by atoms with Gasteiger partial charge in [-0.15, -0.1) is 11.8 Å². The van der Waals surface area contributed by atoms with E-state index in [-0.39, 0.29) is 11.2 Å². The summed E-state index contributed by atoms with van der Waals surface area (Å²) < 4.78 is 0. The lowest BCUT2D eigenvalue weighted by Gasteiger charge is -2.21. The minimum absolute atomic E-state index is 0.0370. The summed E-state index contributed by atoms with van der Waals surface area (Å²) in [5.74, 6) is 0.0460. The number of nitrogens with zero attached hydrogens (tertiary/aromatic N) is 1. The van der Waals surface area contributed by atoms with Gasteiger partial charge in [-0.1, -0.05) is 6.07 Å². The van der Waals surface area contributed by atoms with Gasteiger partial charge in [-0.3, -0.25) is 4.79 Å². The van der Waals surface area contributed by atoms with Crippen molar-refractivity contribution in [3.8, 4) is 6.07 Å². The van der Waals surface area contributed by atoms with Gasteiger partial charge in [0.2, 0.25) is 5.91 Å². The fraction of sp³-hybridized carbons (Fsp3) is 0.333. The van der Waals surface area contributed by atoms with E-state index in [1.54, 1.807) is 11.8 Å². The Labute approximate surface area is 104 Å². The summed E-state index contributed by atoms with van der Waals surface area (Å²) in [4.78, 5) is 12.6. The number of nitriles is 1. The van der Waals surface area contributed by atoms with E-state index in [2.05, 4.69) is 10.6 Å². The van der Waals surface area contributed by atoms with Crippen molar-refractivity contribution in [3.63, 3.8) is 0 Å². The third kappa shape index (κ3) is 2.78. The predicted molar refractivity (Wildman–Crippen MR) is 67.7 cm³/mol. The molecule has 1 amide bonds. The summed E-state index contributed by atoms with van der Waals surface area (Å²) >= 11 is 1.57. The summed E-state index contributed by atoms with van der Waals surface area (Å²) in [6, 6.07) is 8.01. The molecule has 0 fully saturated rings. The molecule has 1 aliphatic heterocycles. The number of thioether (sulfide) groups is 1. The van der Waals surface area contributed by atoms with Gasteiger partial charge in [-0.2, -0.15) is 5.26 Å². The van der Waals surface area contributed by atoms with E-state index in [0.29, 0.717) is 13.1 Å². The smallest absolute Gasteiger partial charge is 0.237 e. The summed E-state index contributed by atoms with van der Waals surface area (Å²) in [6.45, 7) is 2.86. The van der Waals surface area contributed by atoms with Crippen LogP contribution >= 0.6 is 11.8 Å². The van der Waals surface area contributed by atoms with E-state index >= 15 is 0 Å². The molecule has 0 bridgehead atoms. The molecule has 1 atom stereocenters. The molecule has 2 rings (SSSR count). The van der Waals surface area contributed by atoms with Gasteiger partial charge >= 0.3 is 0 Å². The quantitative estimate of drug-likeness (QED) is 0.630. The van der Waals surface area contributed by atoms with Crippen LogP contribution in [0, 0.1) is 11.3 Å². The highest BCUT2D eigenvalue weighted by Crippen LogP contribution is 2.35. The highest BCUT2D eigenvalue weighted by Gasteiger charge is 2.22. The van der Waals surface area contributed by atoms with Crippen LogP contribution in [0.2, 0.25) is 0 Å². The van der Waals surface area contributed by atoms with Crippen molar-refractivity contribution < 1.29 is 4.79 Å². The zero-order valence-corrected chi connectivity index (χ0v) is 10.3. The van der Waals surface area contributed by atoms with Crippen LogP contribution in [-0.2, 0) is 11.3 Å². The molecule has 1 unspecified atom stereocenters. The largest absolute Gasteiger partial charge is 0.324 e. The van der Waals surface area contributed by atoms with Gasteiger partial charge < -0.3 is 10.6 Å². The number of fused-ring (bicyclic) bond motifs is 1. The van der Waals surface area contributed by atoms with Crippen LogP contribution in [0.4, 0.5) is 5.69 Å². The van der Waals surface area contributed by atoms with Crippen LogP contribution in [0.25, 0.3) is 0 Å². The van der Waals surface area contributed by atoms with Gasteiger partial charge in [-0.25, -0.2) is 0 Å². The lowest BCUT2D eigenvalue weighted by atomic mass is 10.2. The molecular formula is C12H13N3OS. The van der Waals surface area contributed by atoms with Crippen molar-refractivity contribution in [2.75, 3.05) is 11.9 Å². The second-order valence-corrected chi connectivity index (χ2v) is 5.22. The first-order valence-electron chi connectivity index (χ1n) is 5.39. The number of amides is 1. The Kier molecular flexibility index (Phi) is 3.67. The number of carbonyl (C=O) groups is 1. The van der Waals surface area contributed by atoms with Crippen molar-refractivity contribution >= 4 is 23.4 Å². The van der Waals surface area contributed by atoms with Crippen LogP contribution in [0.15, 0.2) is 23.1 Å². The zero-order chi connectivity index (χ0) is 12.3. The van der Waals surface area contributed by atoms with Crippen molar-refractivity contribution in [1.29, 1.82) is 5.26 Å². The van der Waals surface area contributed by atoms with Crippen molar-refractivity contribution in [2.45, 2.75) is 23.6 Å². The molecule has 88 valence electrons. The van der Waals surface area contributed by atoms with Crippen LogP contribution in [-0.4, -0.2) is 17.7 Å². The van der Waals surface area contributed by atoms with Gasteiger partial charge in [0.1, 0.15) is 0 Å². The first-order chi connectivity index (χ1) is 8.20. The molecule has 0 aliphatic carbocycles. The Morgan fingerprint density at radius 2 is 2.41 bits per heavy atom. The van der Waals surface area contributed by atoms with Crippen LogP contribution < -0.4 is 10.6 Å². The molecule has 4 nitrogen and oxygen atoms in total. The average Bonchev–Trinajstić information content (AvgIpc) is 2.31. The number of hydrogen-bond acceptors (Lipinski definition) is 4. The number of benzene rings is 1. The van der Waals surface area contributed by atoms with E-state index in [4.69, 9.17) is 5.26 Å². The monoisotopic (exact) mass is 247 g/mol. The Balaban J connectivity index is 2.12. The van der Waals surface area contributed by atoms with Gasteiger partial charge in [0.25, 0.3) is 0 Å². The Morgan fingerprint density at radius 3 is 3.18 bits per heavy atom. The molecule has 0 spiro atoms. The molecule has 0 saturated carbocycles. The van der Waals surface area contributed by atoms with Gasteiger partial charge in [0.05, 0.1) is 23.6 Å². The molecule has 5 heteroatoms. The van der Waals surface area contributed by atoms with Crippen molar-refractivity contribution in [3.05, 3.63) is 23.8 Å². The lowest BCUT2D eigenvalue weighted by Crippen LogP contribution is -2.26. The molecular weight excluding hydrogens is 234 g/mol. The van der Waals surface area contributed by atoms with Gasteiger partial charge in [0, 0.05) is 11.4 Å². The van der Waals surface area contributed by atoms with Crippen LogP contribution in [0.5, 0.6) is 0 Å². The Bertz CT molecular complexity index is 481. The fourth-order valence-corrected chi connectivity index (χ4v) is 2.56. The van der Waals surface area contributed by atoms with E-state index < -0.39 is 0 Å². The summed E-state index contributed by atoms with van der Waals surface area (Å²) in [6.07, 6.45) is 0. The van der Waals surface area contributed by atoms with Gasteiger partial charge in [0.15, 0.2) is 0 Å². The second kappa shape index (κ2) is 5.21. The number of anilines is 1. The number of nitrogens with one attached hydrogen (secondary N) is 2. The standard InChI is InChI=1S/C12H13N3OS/c1-8-12(16)15-10-6-9(7-14-5-4-13)2-3-11(10)17-8/h2-3,6,8,14H,5,7H2,1H3,(H,15,16). The normalized spacial score (nSPS) is 18.1. The number of hydrogen-bond donors (Lipinski definition) is 2. The molecule has 2 N–H and O–H groups in total.